The lowest BCUT2D eigenvalue weighted by Gasteiger charge is -2.30. The summed E-state index contributed by atoms with van der Waals surface area (Å²) in [6.07, 6.45) is 4.69. The van der Waals surface area contributed by atoms with Gasteiger partial charge in [0.25, 0.3) is 0 Å². The lowest BCUT2D eigenvalue weighted by atomic mass is 9.79. The highest BCUT2D eigenvalue weighted by Crippen LogP contribution is 2.29. The van der Waals surface area contributed by atoms with Gasteiger partial charge in [0.1, 0.15) is 0 Å². The first kappa shape index (κ1) is 9.57. The minimum absolute atomic E-state index is 0.205. The van der Waals surface area contributed by atoms with Gasteiger partial charge < -0.3 is 5.32 Å². The first-order valence-electron chi connectivity index (χ1n) is 4.20. The maximum atomic E-state index is 9.00. The number of piperidine rings is 1. The highest BCUT2D eigenvalue weighted by atomic mass is 35.5. The molecule has 1 aliphatic rings. The fourth-order valence-electron chi connectivity index (χ4n) is 1.55. The Morgan fingerprint density at radius 1 is 1.67 bits per heavy atom. The summed E-state index contributed by atoms with van der Waals surface area (Å²) in [5, 5.41) is 12.2. The van der Waals surface area contributed by atoms with Crippen LogP contribution in [0.25, 0.3) is 0 Å². The molecule has 1 unspecified atom stereocenters. The topological polar surface area (TPSA) is 35.8 Å². The van der Waals surface area contributed by atoms with E-state index in [1.807, 2.05) is 6.08 Å². The van der Waals surface area contributed by atoms with Gasteiger partial charge in [0.15, 0.2) is 0 Å². The Bertz CT molecular complexity index is 199. The molecule has 2 nitrogen and oxygen atoms in total. The summed E-state index contributed by atoms with van der Waals surface area (Å²) in [6, 6.07) is 2.38. The summed E-state index contributed by atoms with van der Waals surface area (Å²) < 4.78 is 0. The van der Waals surface area contributed by atoms with Crippen LogP contribution in [0.1, 0.15) is 19.3 Å². The third kappa shape index (κ3) is 2.23. The molecule has 12 heavy (non-hydrogen) atoms. The first-order chi connectivity index (χ1) is 5.83. The summed E-state index contributed by atoms with van der Waals surface area (Å²) in [6.45, 7) is 1.83. The van der Waals surface area contributed by atoms with Gasteiger partial charge in [-0.05, 0) is 25.8 Å². The van der Waals surface area contributed by atoms with Gasteiger partial charge in [-0.2, -0.15) is 5.26 Å². The summed E-state index contributed by atoms with van der Waals surface area (Å²) in [5.74, 6) is 0. The van der Waals surface area contributed by atoms with E-state index in [1.54, 1.807) is 0 Å². The van der Waals surface area contributed by atoms with Crippen molar-refractivity contribution in [1.29, 1.82) is 5.26 Å². The van der Waals surface area contributed by atoms with E-state index in [9.17, 15) is 0 Å². The molecule has 0 aromatic carbocycles. The number of allylic oxidation sites excluding steroid dienone is 1. The molecule has 3 heteroatoms. The van der Waals surface area contributed by atoms with Crippen molar-refractivity contribution >= 4 is 11.6 Å². The number of halogens is 1. The van der Waals surface area contributed by atoms with Crippen molar-refractivity contribution in [2.24, 2.45) is 5.41 Å². The second-order valence-electron chi connectivity index (χ2n) is 3.24. The minimum Gasteiger partial charge on any atom is -0.315 e. The van der Waals surface area contributed by atoms with Crippen molar-refractivity contribution in [2.45, 2.75) is 19.3 Å². The minimum atomic E-state index is -0.205. The Hall–Kier alpha value is -0.520. The Kier molecular flexibility index (Phi) is 3.58. The molecule has 0 saturated carbocycles. The molecule has 0 aromatic heterocycles. The third-order valence-corrected chi connectivity index (χ3v) is 2.49. The van der Waals surface area contributed by atoms with Gasteiger partial charge in [0, 0.05) is 12.1 Å². The SMILES string of the molecule is N#CC1(C/C=C/Cl)CCCNC1. The largest absolute Gasteiger partial charge is 0.315 e. The van der Waals surface area contributed by atoms with Crippen LogP contribution < -0.4 is 5.32 Å². The summed E-state index contributed by atoms with van der Waals surface area (Å²) >= 11 is 5.43. The fraction of sp³-hybridized carbons (Fsp3) is 0.667. The van der Waals surface area contributed by atoms with Gasteiger partial charge in [0.2, 0.25) is 0 Å². The van der Waals surface area contributed by atoms with Crippen molar-refractivity contribution in [1.82, 2.24) is 5.32 Å². The van der Waals surface area contributed by atoms with E-state index in [4.69, 9.17) is 16.9 Å². The van der Waals surface area contributed by atoms with Crippen LogP contribution in [-0.4, -0.2) is 13.1 Å². The monoisotopic (exact) mass is 184 g/mol. The third-order valence-electron chi connectivity index (χ3n) is 2.31. The van der Waals surface area contributed by atoms with Gasteiger partial charge in [0.05, 0.1) is 11.5 Å². The smallest absolute Gasteiger partial charge is 0.0733 e. The molecule has 0 bridgehead atoms. The lowest BCUT2D eigenvalue weighted by Crippen LogP contribution is -2.38. The van der Waals surface area contributed by atoms with Crippen LogP contribution in [0.4, 0.5) is 0 Å². The molecule has 0 aliphatic carbocycles. The van der Waals surface area contributed by atoms with Crippen molar-refractivity contribution in [3.05, 3.63) is 11.6 Å². The Balaban J connectivity index is 2.55. The second-order valence-corrected chi connectivity index (χ2v) is 3.49. The zero-order chi connectivity index (χ0) is 8.86. The van der Waals surface area contributed by atoms with Crippen LogP contribution in [0.2, 0.25) is 0 Å². The summed E-state index contributed by atoms with van der Waals surface area (Å²) in [4.78, 5) is 0. The molecular formula is C9H13ClN2. The van der Waals surface area contributed by atoms with Crippen LogP contribution in [0.5, 0.6) is 0 Å². The average Bonchev–Trinajstić information content (AvgIpc) is 2.16. The molecule has 1 aliphatic heterocycles. The van der Waals surface area contributed by atoms with Gasteiger partial charge in [-0.3, -0.25) is 0 Å². The van der Waals surface area contributed by atoms with Gasteiger partial charge >= 0.3 is 0 Å². The molecule has 0 amide bonds. The number of nitriles is 1. The zero-order valence-electron chi connectivity index (χ0n) is 7.02. The first-order valence-corrected chi connectivity index (χ1v) is 4.64. The number of nitrogens with one attached hydrogen (secondary N) is 1. The van der Waals surface area contributed by atoms with Gasteiger partial charge in [-0.15, -0.1) is 0 Å². The molecule has 1 heterocycles. The van der Waals surface area contributed by atoms with Crippen molar-refractivity contribution in [2.75, 3.05) is 13.1 Å². The Labute approximate surface area is 78.2 Å². The van der Waals surface area contributed by atoms with E-state index in [2.05, 4.69) is 11.4 Å². The van der Waals surface area contributed by atoms with E-state index in [0.717, 1.165) is 32.4 Å². The van der Waals surface area contributed by atoms with Gasteiger partial charge in [-0.25, -0.2) is 0 Å². The predicted octanol–water partition coefficient (Wildman–Crippen LogP) is 2.02. The van der Waals surface area contributed by atoms with E-state index in [-0.39, 0.29) is 5.41 Å². The molecular weight excluding hydrogens is 172 g/mol. The molecule has 1 N–H and O–H groups in total. The van der Waals surface area contributed by atoms with E-state index < -0.39 is 0 Å². The van der Waals surface area contributed by atoms with Crippen LogP contribution in [-0.2, 0) is 0 Å². The zero-order valence-corrected chi connectivity index (χ0v) is 7.77. The second kappa shape index (κ2) is 4.49. The van der Waals surface area contributed by atoms with Crippen molar-refractivity contribution < 1.29 is 0 Å². The normalized spacial score (nSPS) is 30.3. The molecule has 1 atom stereocenters. The molecule has 1 rings (SSSR count). The standard InChI is InChI=1S/C9H13ClN2/c10-5-1-3-9(7-11)4-2-6-12-8-9/h1,5,12H,2-4,6,8H2/b5-1+. The fourth-order valence-corrected chi connectivity index (χ4v) is 1.64. The molecule has 0 spiro atoms. The van der Waals surface area contributed by atoms with Crippen molar-refractivity contribution in [3.8, 4) is 6.07 Å². The number of rotatable bonds is 2. The molecule has 0 radical (unpaired) electrons. The molecule has 66 valence electrons. The molecule has 1 fully saturated rings. The number of hydrogen-bond donors (Lipinski definition) is 1. The highest BCUT2D eigenvalue weighted by Gasteiger charge is 2.30. The van der Waals surface area contributed by atoms with Crippen LogP contribution in [0.3, 0.4) is 0 Å². The average molecular weight is 185 g/mol. The van der Waals surface area contributed by atoms with Crippen LogP contribution in [0.15, 0.2) is 11.6 Å². The van der Waals surface area contributed by atoms with E-state index in [1.165, 1.54) is 5.54 Å². The maximum absolute atomic E-state index is 9.00. The quantitative estimate of drug-likeness (QED) is 0.713. The van der Waals surface area contributed by atoms with E-state index in [0.29, 0.717) is 0 Å². The number of nitrogens with zero attached hydrogens (tertiary/aromatic N) is 1. The van der Waals surface area contributed by atoms with Crippen LogP contribution in [0, 0.1) is 16.7 Å². The van der Waals surface area contributed by atoms with Gasteiger partial charge in [-0.1, -0.05) is 17.7 Å². The summed E-state index contributed by atoms with van der Waals surface area (Å²) in [5.41, 5.74) is 1.29. The highest BCUT2D eigenvalue weighted by molar-refractivity contribution is 6.25. The summed E-state index contributed by atoms with van der Waals surface area (Å²) in [7, 11) is 0. The lowest BCUT2D eigenvalue weighted by molar-refractivity contribution is 0.291. The Morgan fingerprint density at radius 3 is 3.00 bits per heavy atom. The van der Waals surface area contributed by atoms with E-state index >= 15 is 0 Å². The number of hydrogen-bond acceptors (Lipinski definition) is 2. The maximum Gasteiger partial charge on any atom is 0.0733 e. The Morgan fingerprint density at radius 2 is 2.50 bits per heavy atom. The molecule has 1 saturated heterocycles. The predicted molar refractivity (Wildman–Crippen MR) is 49.8 cm³/mol. The molecule has 0 aromatic rings. The van der Waals surface area contributed by atoms with Crippen molar-refractivity contribution in [3.63, 3.8) is 0 Å². The van der Waals surface area contributed by atoms with Crippen LogP contribution >= 0.6 is 11.6 Å².